The lowest BCUT2D eigenvalue weighted by Crippen LogP contribution is -2.26. The minimum absolute atomic E-state index is 0.175. The molecule has 15 heavy (non-hydrogen) atoms. The van der Waals surface area contributed by atoms with Crippen LogP contribution < -0.4 is 4.74 Å². The molecule has 0 fully saturated rings. The number of hydrogen-bond donors (Lipinski definition) is 0. The van der Waals surface area contributed by atoms with Gasteiger partial charge in [-0.3, -0.25) is 0 Å². The van der Waals surface area contributed by atoms with Crippen LogP contribution in [0.2, 0.25) is 0 Å². The molecular weight excluding hydrogens is 292 g/mol. The Morgan fingerprint density at radius 3 is 2.73 bits per heavy atom. The Morgan fingerprint density at radius 2 is 2.07 bits per heavy atom. The Kier molecular flexibility index (Phi) is 3.58. The third-order valence-corrected chi connectivity index (χ3v) is 6.36. The number of fused-ring (bicyclic) bond motifs is 1. The third kappa shape index (κ3) is 2.04. The summed E-state index contributed by atoms with van der Waals surface area (Å²) in [6.45, 7) is 0.811. The fourth-order valence-corrected chi connectivity index (χ4v) is 4.23. The zero-order valence-electron chi connectivity index (χ0n) is 8.75. The van der Waals surface area contributed by atoms with E-state index < -0.39 is 0 Å². The summed E-state index contributed by atoms with van der Waals surface area (Å²) < 4.78 is 6.96. The van der Waals surface area contributed by atoms with Crippen LogP contribution in [0.15, 0.2) is 22.7 Å². The summed E-state index contributed by atoms with van der Waals surface area (Å²) in [5.41, 5.74) is 1.32. The van der Waals surface area contributed by atoms with E-state index in [4.69, 9.17) is 4.74 Å². The van der Waals surface area contributed by atoms with Crippen molar-refractivity contribution >= 4 is 39.5 Å². The minimum Gasteiger partial charge on any atom is -0.493 e. The van der Waals surface area contributed by atoms with E-state index in [2.05, 4.69) is 46.6 Å². The monoisotopic (exact) mass is 304 g/mol. The van der Waals surface area contributed by atoms with E-state index in [0.717, 1.165) is 23.2 Å². The SMILES string of the molecule is CSC1(SC)CCOc2cc(Br)ccc21. The van der Waals surface area contributed by atoms with E-state index in [1.807, 2.05) is 23.5 Å². The summed E-state index contributed by atoms with van der Waals surface area (Å²) in [4.78, 5) is 0. The molecule has 0 N–H and O–H groups in total. The van der Waals surface area contributed by atoms with Crippen molar-refractivity contribution < 1.29 is 4.74 Å². The Bertz CT molecular complexity index is 364. The van der Waals surface area contributed by atoms with E-state index in [-0.39, 0.29) is 4.08 Å². The van der Waals surface area contributed by atoms with Gasteiger partial charge >= 0.3 is 0 Å². The molecule has 0 saturated heterocycles. The predicted molar refractivity (Wildman–Crippen MR) is 73.0 cm³/mol. The molecule has 1 aromatic carbocycles. The van der Waals surface area contributed by atoms with Crippen LogP contribution in [0.1, 0.15) is 12.0 Å². The fraction of sp³-hybridized carbons (Fsp3) is 0.455. The second-order valence-corrected chi connectivity index (χ2v) is 6.78. The number of thioether (sulfide) groups is 2. The Balaban J connectivity index is 2.50. The van der Waals surface area contributed by atoms with Crippen LogP contribution in [0.25, 0.3) is 0 Å². The molecule has 1 heterocycles. The quantitative estimate of drug-likeness (QED) is 0.761. The summed E-state index contributed by atoms with van der Waals surface area (Å²) in [7, 11) is 0. The summed E-state index contributed by atoms with van der Waals surface area (Å²) in [6.07, 6.45) is 5.42. The van der Waals surface area contributed by atoms with Gasteiger partial charge in [-0.25, -0.2) is 0 Å². The highest BCUT2D eigenvalue weighted by molar-refractivity contribution is 9.10. The van der Waals surface area contributed by atoms with Gasteiger partial charge in [-0.05, 0) is 24.6 Å². The van der Waals surface area contributed by atoms with Crippen LogP contribution in [-0.4, -0.2) is 19.1 Å². The maximum Gasteiger partial charge on any atom is 0.125 e. The van der Waals surface area contributed by atoms with Crippen molar-refractivity contribution in [2.75, 3.05) is 19.1 Å². The minimum atomic E-state index is 0.175. The number of halogens is 1. The van der Waals surface area contributed by atoms with Gasteiger partial charge in [0.1, 0.15) is 5.75 Å². The maximum absolute atomic E-state index is 5.71. The van der Waals surface area contributed by atoms with Crippen molar-refractivity contribution in [2.24, 2.45) is 0 Å². The lowest BCUT2D eigenvalue weighted by molar-refractivity contribution is 0.280. The third-order valence-electron chi connectivity index (χ3n) is 2.70. The number of ether oxygens (including phenoxy) is 1. The van der Waals surface area contributed by atoms with Crippen LogP contribution in [0.4, 0.5) is 0 Å². The van der Waals surface area contributed by atoms with Crippen LogP contribution in [0.3, 0.4) is 0 Å². The average molecular weight is 305 g/mol. The van der Waals surface area contributed by atoms with Crippen LogP contribution in [0.5, 0.6) is 5.75 Å². The maximum atomic E-state index is 5.71. The lowest BCUT2D eigenvalue weighted by Gasteiger charge is -2.36. The summed E-state index contributed by atoms with van der Waals surface area (Å²) in [5.74, 6) is 1.03. The fourth-order valence-electron chi connectivity index (χ4n) is 1.87. The predicted octanol–water partition coefficient (Wildman–Crippen LogP) is 4.11. The van der Waals surface area contributed by atoms with Gasteiger partial charge in [0.05, 0.1) is 10.7 Å². The zero-order valence-corrected chi connectivity index (χ0v) is 12.0. The molecule has 2 rings (SSSR count). The molecular formula is C11H13BrOS2. The second-order valence-electron chi connectivity index (χ2n) is 3.40. The van der Waals surface area contributed by atoms with Gasteiger partial charge in [0.15, 0.2) is 0 Å². The van der Waals surface area contributed by atoms with Gasteiger partial charge in [-0.15, -0.1) is 23.5 Å². The molecule has 4 heteroatoms. The van der Waals surface area contributed by atoms with Gasteiger partial charge in [-0.1, -0.05) is 22.0 Å². The van der Waals surface area contributed by atoms with Crippen LogP contribution in [0, 0.1) is 0 Å². The highest BCUT2D eigenvalue weighted by Crippen LogP contribution is 2.52. The largest absolute Gasteiger partial charge is 0.493 e. The first-order valence-corrected chi connectivity index (χ1v) is 7.99. The molecule has 0 bridgehead atoms. The molecule has 82 valence electrons. The highest BCUT2D eigenvalue weighted by Gasteiger charge is 2.36. The molecule has 1 aliphatic rings. The molecule has 1 nitrogen and oxygen atoms in total. The van der Waals surface area contributed by atoms with Crippen molar-refractivity contribution in [1.29, 1.82) is 0 Å². The Morgan fingerprint density at radius 1 is 1.33 bits per heavy atom. The molecule has 0 atom stereocenters. The van der Waals surface area contributed by atoms with Crippen LogP contribution in [-0.2, 0) is 4.08 Å². The summed E-state index contributed by atoms with van der Waals surface area (Å²) >= 11 is 7.30. The van der Waals surface area contributed by atoms with E-state index in [9.17, 15) is 0 Å². The van der Waals surface area contributed by atoms with E-state index in [1.165, 1.54) is 5.56 Å². The molecule has 0 radical (unpaired) electrons. The van der Waals surface area contributed by atoms with E-state index in [0.29, 0.717) is 0 Å². The van der Waals surface area contributed by atoms with Gasteiger partial charge in [0.2, 0.25) is 0 Å². The molecule has 1 aromatic rings. The van der Waals surface area contributed by atoms with Gasteiger partial charge in [0.25, 0.3) is 0 Å². The first-order valence-electron chi connectivity index (χ1n) is 4.75. The number of rotatable bonds is 2. The Labute approximate surface area is 107 Å². The van der Waals surface area contributed by atoms with Crippen molar-refractivity contribution in [3.8, 4) is 5.75 Å². The molecule has 0 spiro atoms. The second kappa shape index (κ2) is 4.60. The van der Waals surface area contributed by atoms with Crippen molar-refractivity contribution in [1.82, 2.24) is 0 Å². The lowest BCUT2D eigenvalue weighted by atomic mass is 10.1. The number of hydrogen-bond acceptors (Lipinski definition) is 3. The van der Waals surface area contributed by atoms with Crippen molar-refractivity contribution in [3.63, 3.8) is 0 Å². The standard InChI is InChI=1S/C11H13BrOS2/c1-14-11(15-2)5-6-13-10-7-8(12)3-4-9(10)11/h3-4,7H,5-6H2,1-2H3. The molecule has 0 saturated carbocycles. The normalized spacial score (nSPS) is 18.1. The molecule has 0 unspecified atom stereocenters. The topological polar surface area (TPSA) is 9.23 Å². The van der Waals surface area contributed by atoms with Gasteiger partial charge in [-0.2, -0.15) is 0 Å². The Hall–Kier alpha value is 0.200. The van der Waals surface area contributed by atoms with Gasteiger partial charge in [0, 0.05) is 16.5 Å². The smallest absolute Gasteiger partial charge is 0.125 e. The molecule has 0 amide bonds. The van der Waals surface area contributed by atoms with Gasteiger partial charge < -0.3 is 4.74 Å². The molecule has 0 aromatic heterocycles. The average Bonchev–Trinajstić information content (AvgIpc) is 2.27. The number of benzene rings is 1. The zero-order chi connectivity index (χ0) is 10.9. The summed E-state index contributed by atoms with van der Waals surface area (Å²) in [5, 5.41) is 0. The summed E-state index contributed by atoms with van der Waals surface area (Å²) in [6, 6.07) is 6.33. The highest BCUT2D eigenvalue weighted by atomic mass is 79.9. The molecule has 0 aliphatic carbocycles. The van der Waals surface area contributed by atoms with Crippen molar-refractivity contribution in [3.05, 3.63) is 28.2 Å². The van der Waals surface area contributed by atoms with Crippen molar-refractivity contribution in [2.45, 2.75) is 10.5 Å². The van der Waals surface area contributed by atoms with E-state index >= 15 is 0 Å². The first kappa shape index (κ1) is 11.7. The van der Waals surface area contributed by atoms with Crippen LogP contribution >= 0.6 is 39.5 Å². The first-order chi connectivity index (χ1) is 7.22. The van der Waals surface area contributed by atoms with E-state index in [1.54, 1.807) is 0 Å². The molecule has 1 aliphatic heterocycles.